The van der Waals surface area contributed by atoms with E-state index in [4.69, 9.17) is 24.8 Å². The molecule has 16 heteroatoms. The zero-order valence-electron chi connectivity index (χ0n) is 20.1. The van der Waals surface area contributed by atoms with Crippen molar-refractivity contribution in [2.24, 2.45) is 13.0 Å². The SMILES string of the molecule is CC(C)c1nc(CN2CCC(C(O)c3nccn3C)CC2)cs1.O=C(O)C(F)(F)F.O=C(O)C(F)(F)F. The molecule has 9 nitrogen and oxygen atoms in total. The molecule has 0 bridgehead atoms. The summed E-state index contributed by atoms with van der Waals surface area (Å²) in [6, 6.07) is 0. The second-order valence-corrected chi connectivity index (χ2v) is 9.28. The molecule has 0 amide bonds. The first-order valence-electron chi connectivity index (χ1n) is 10.9. The molecule has 210 valence electrons. The lowest BCUT2D eigenvalue weighted by Crippen LogP contribution is -2.35. The van der Waals surface area contributed by atoms with E-state index < -0.39 is 30.4 Å². The molecule has 1 aliphatic rings. The van der Waals surface area contributed by atoms with Crippen LogP contribution in [0.15, 0.2) is 17.8 Å². The molecular weight excluding hydrogens is 534 g/mol. The van der Waals surface area contributed by atoms with Crippen LogP contribution in [0.1, 0.15) is 55.2 Å². The number of halogens is 6. The minimum atomic E-state index is -5.08. The molecule has 1 aliphatic heterocycles. The first-order chi connectivity index (χ1) is 16.9. The zero-order valence-corrected chi connectivity index (χ0v) is 20.9. The van der Waals surface area contributed by atoms with Gasteiger partial charge in [-0.1, -0.05) is 13.8 Å². The Bertz CT molecular complexity index is 976. The number of nitrogens with zero attached hydrogens (tertiary/aromatic N) is 4. The molecule has 1 atom stereocenters. The number of alkyl halides is 6. The van der Waals surface area contributed by atoms with Gasteiger partial charge in [-0.15, -0.1) is 11.3 Å². The third-order valence-electron chi connectivity index (χ3n) is 5.14. The van der Waals surface area contributed by atoms with E-state index in [0.717, 1.165) is 38.3 Å². The van der Waals surface area contributed by atoms with E-state index in [1.807, 2.05) is 17.8 Å². The number of aliphatic hydroxyl groups excluding tert-OH is 1. The Morgan fingerprint density at radius 1 is 1.08 bits per heavy atom. The Labute approximate surface area is 212 Å². The summed E-state index contributed by atoms with van der Waals surface area (Å²) >= 11 is 1.76. The number of aliphatic carboxylic acids is 2. The minimum Gasteiger partial charge on any atom is -0.475 e. The van der Waals surface area contributed by atoms with Crippen molar-refractivity contribution < 1.29 is 51.3 Å². The number of aryl methyl sites for hydroxylation is 1. The molecule has 2 aromatic rings. The quantitative estimate of drug-likeness (QED) is 0.463. The third kappa shape index (κ3) is 11.1. The number of aliphatic hydroxyl groups is 1. The molecule has 37 heavy (non-hydrogen) atoms. The number of carboxylic acid groups (broad SMARTS) is 2. The number of thiazole rings is 1. The van der Waals surface area contributed by atoms with Gasteiger partial charge in [-0.25, -0.2) is 19.6 Å². The average molecular weight is 563 g/mol. The van der Waals surface area contributed by atoms with Crippen LogP contribution < -0.4 is 0 Å². The molecule has 0 aliphatic carbocycles. The van der Waals surface area contributed by atoms with Gasteiger partial charge in [0.15, 0.2) is 0 Å². The van der Waals surface area contributed by atoms with Gasteiger partial charge in [-0.2, -0.15) is 26.3 Å². The van der Waals surface area contributed by atoms with Crippen LogP contribution in [-0.4, -0.2) is 72.1 Å². The Balaban J connectivity index is 0.000000404. The van der Waals surface area contributed by atoms with Crippen molar-refractivity contribution in [2.45, 2.75) is 57.6 Å². The van der Waals surface area contributed by atoms with Gasteiger partial charge in [0.05, 0.1) is 10.7 Å². The fourth-order valence-corrected chi connectivity index (χ4v) is 4.02. The molecule has 3 heterocycles. The average Bonchev–Trinajstić information content (AvgIpc) is 3.42. The number of aromatic nitrogens is 3. The van der Waals surface area contributed by atoms with Crippen molar-refractivity contribution in [3.05, 3.63) is 34.3 Å². The lowest BCUT2D eigenvalue weighted by Gasteiger charge is -2.33. The molecule has 3 rings (SSSR count). The smallest absolute Gasteiger partial charge is 0.475 e. The molecule has 0 saturated carbocycles. The highest BCUT2D eigenvalue weighted by molar-refractivity contribution is 7.09. The summed E-state index contributed by atoms with van der Waals surface area (Å²) in [5, 5.41) is 28.2. The number of hydrogen-bond donors (Lipinski definition) is 3. The second kappa shape index (κ2) is 13.7. The van der Waals surface area contributed by atoms with E-state index in [1.54, 1.807) is 17.5 Å². The summed E-state index contributed by atoms with van der Waals surface area (Å²) in [5.74, 6) is -3.93. The van der Waals surface area contributed by atoms with Gasteiger partial charge in [0.25, 0.3) is 0 Å². The monoisotopic (exact) mass is 562 g/mol. The van der Waals surface area contributed by atoms with Crippen molar-refractivity contribution in [3.63, 3.8) is 0 Å². The fourth-order valence-electron chi connectivity index (χ4n) is 3.19. The van der Waals surface area contributed by atoms with Crippen LogP contribution in [-0.2, 0) is 23.2 Å². The molecule has 1 saturated heterocycles. The number of imidazole rings is 1. The van der Waals surface area contributed by atoms with Crippen LogP contribution in [0.25, 0.3) is 0 Å². The highest BCUT2D eigenvalue weighted by Crippen LogP contribution is 2.30. The van der Waals surface area contributed by atoms with Crippen LogP contribution in [0.3, 0.4) is 0 Å². The van der Waals surface area contributed by atoms with Gasteiger partial charge in [0.1, 0.15) is 11.9 Å². The van der Waals surface area contributed by atoms with Crippen molar-refractivity contribution in [3.8, 4) is 0 Å². The highest BCUT2D eigenvalue weighted by atomic mass is 32.1. The second-order valence-electron chi connectivity index (χ2n) is 8.39. The van der Waals surface area contributed by atoms with E-state index in [0.29, 0.717) is 11.8 Å². The number of hydrogen-bond acceptors (Lipinski definition) is 7. The molecule has 0 aromatic carbocycles. The lowest BCUT2D eigenvalue weighted by molar-refractivity contribution is -0.193. The Hall–Kier alpha value is -2.72. The van der Waals surface area contributed by atoms with E-state index in [9.17, 15) is 31.4 Å². The maximum absolute atomic E-state index is 10.6. The number of likely N-dealkylation sites (tertiary alicyclic amines) is 1. The van der Waals surface area contributed by atoms with Gasteiger partial charge in [-0.3, -0.25) is 4.90 Å². The maximum Gasteiger partial charge on any atom is 0.490 e. The molecule has 1 fully saturated rings. The minimum absolute atomic E-state index is 0.300. The van der Waals surface area contributed by atoms with Gasteiger partial charge < -0.3 is 19.9 Å². The van der Waals surface area contributed by atoms with Crippen molar-refractivity contribution in [1.82, 2.24) is 19.4 Å². The standard InChI is InChI=1S/C17H26N4OS.2C2HF3O2/c1-12(2)17-19-14(11-23-17)10-21-7-4-13(5-8-21)15(22)16-18-6-9-20(16)3;2*3-2(4,5)1(6)7/h6,9,11-13,15,22H,4-5,7-8,10H2,1-3H3;2*(H,6,7). The molecular formula is C21H28F6N4O5S. The van der Waals surface area contributed by atoms with E-state index >= 15 is 0 Å². The number of carboxylic acids is 2. The summed E-state index contributed by atoms with van der Waals surface area (Å²) in [4.78, 5) is 29.2. The normalized spacial score (nSPS) is 15.9. The summed E-state index contributed by atoms with van der Waals surface area (Å²) in [6.45, 7) is 7.33. The fraction of sp³-hybridized carbons (Fsp3) is 0.619. The Morgan fingerprint density at radius 3 is 1.92 bits per heavy atom. The highest BCUT2D eigenvalue weighted by Gasteiger charge is 2.39. The topological polar surface area (TPSA) is 129 Å². The van der Waals surface area contributed by atoms with Gasteiger partial charge in [-0.05, 0) is 31.8 Å². The van der Waals surface area contributed by atoms with Crippen LogP contribution in [0.2, 0.25) is 0 Å². The molecule has 1 unspecified atom stereocenters. The molecule has 0 radical (unpaired) electrons. The summed E-state index contributed by atoms with van der Waals surface area (Å²) < 4.78 is 65.4. The van der Waals surface area contributed by atoms with Crippen LogP contribution >= 0.6 is 11.3 Å². The van der Waals surface area contributed by atoms with Gasteiger partial charge >= 0.3 is 24.3 Å². The van der Waals surface area contributed by atoms with Crippen LogP contribution in [0, 0.1) is 5.92 Å². The predicted molar refractivity (Wildman–Crippen MR) is 120 cm³/mol. The van der Waals surface area contributed by atoms with Crippen molar-refractivity contribution >= 4 is 23.3 Å². The Morgan fingerprint density at radius 2 is 1.57 bits per heavy atom. The first-order valence-corrected chi connectivity index (χ1v) is 11.7. The Kier molecular flexibility index (Phi) is 12.0. The van der Waals surface area contributed by atoms with E-state index in [1.165, 1.54) is 10.7 Å². The number of piperidine rings is 1. The number of carbonyl (C=O) groups is 2. The maximum atomic E-state index is 10.6. The van der Waals surface area contributed by atoms with Gasteiger partial charge in [0, 0.05) is 37.3 Å². The first kappa shape index (κ1) is 32.3. The predicted octanol–water partition coefficient (Wildman–Crippen LogP) is 4.21. The summed E-state index contributed by atoms with van der Waals surface area (Å²) in [6.07, 6.45) is -4.96. The third-order valence-corrected chi connectivity index (χ3v) is 6.33. The summed E-state index contributed by atoms with van der Waals surface area (Å²) in [5.41, 5.74) is 1.18. The largest absolute Gasteiger partial charge is 0.490 e. The van der Waals surface area contributed by atoms with Crippen LogP contribution in [0.5, 0.6) is 0 Å². The summed E-state index contributed by atoms with van der Waals surface area (Å²) in [7, 11) is 1.94. The molecule has 3 N–H and O–H groups in total. The number of rotatable bonds is 5. The van der Waals surface area contributed by atoms with E-state index in [2.05, 4.69) is 29.1 Å². The molecule has 0 spiro atoms. The van der Waals surface area contributed by atoms with Crippen molar-refractivity contribution in [1.29, 1.82) is 0 Å². The molecule has 2 aromatic heterocycles. The van der Waals surface area contributed by atoms with Gasteiger partial charge in [0.2, 0.25) is 0 Å². The zero-order chi connectivity index (χ0) is 28.6. The van der Waals surface area contributed by atoms with E-state index in [-0.39, 0.29) is 0 Å². The lowest BCUT2D eigenvalue weighted by atomic mass is 9.90. The van der Waals surface area contributed by atoms with Crippen molar-refractivity contribution in [2.75, 3.05) is 13.1 Å². The van der Waals surface area contributed by atoms with Crippen LogP contribution in [0.4, 0.5) is 26.3 Å².